The van der Waals surface area contributed by atoms with Gasteiger partial charge < -0.3 is 23.6 Å². The minimum absolute atomic E-state index is 0.211. The van der Waals surface area contributed by atoms with Crippen LogP contribution in [0.4, 0.5) is 0 Å². The average Bonchev–Trinajstić information content (AvgIpc) is 2.81. The van der Waals surface area contributed by atoms with Crippen molar-refractivity contribution in [3.63, 3.8) is 0 Å². The van der Waals surface area contributed by atoms with Gasteiger partial charge in [-0.3, -0.25) is 18.9 Å². The molecular weight excluding hydrogens is 331 g/mol. The first-order chi connectivity index (χ1) is 10.8. The molecule has 0 saturated carbocycles. The molecule has 0 radical (unpaired) electrons. The Hall–Kier alpha value is -1.29. The lowest BCUT2D eigenvalue weighted by molar-refractivity contribution is -0.0608. The van der Waals surface area contributed by atoms with Crippen LogP contribution in [0.5, 0.6) is 0 Å². The van der Waals surface area contributed by atoms with Crippen LogP contribution >= 0.6 is 7.60 Å². The third-order valence-corrected chi connectivity index (χ3v) is 4.06. The topological polar surface area (TPSA) is 129 Å². The van der Waals surface area contributed by atoms with E-state index in [2.05, 4.69) is 4.98 Å². The lowest BCUT2D eigenvalue weighted by atomic mass is 10.1. The molecule has 1 aliphatic rings. The Morgan fingerprint density at radius 2 is 2.00 bits per heavy atom. The fourth-order valence-electron chi connectivity index (χ4n) is 2.44. The molecule has 10 nitrogen and oxygen atoms in total. The van der Waals surface area contributed by atoms with E-state index < -0.39 is 43.4 Å². The summed E-state index contributed by atoms with van der Waals surface area (Å²) in [7, 11) is -0.837. The van der Waals surface area contributed by atoms with Crippen LogP contribution in [0, 0.1) is 0 Å². The second kappa shape index (κ2) is 7.08. The third-order valence-electron chi connectivity index (χ3n) is 3.43. The van der Waals surface area contributed by atoms with Gasteiger partial charge in [-0.2, -0.15) is 0 Å². The number of hydrogen-bond donors (Lipinski definition) is 2. The summed E-state index contributed by atoms with van der Waals surface area (Å²) in [5.41, 5.74) is -1.20. The van der Waals surface area contributed by atoms with E-state index >= 15 is 0 Å². The smallest absolute Gasteiger partial charge is 0.330 e. The number of ether oxygens (including phenoxy) is 3. The van der Waals surface area contributed by atoms with Gasteiger partial charge in [-0.1, -0.05) is 0 Å². The molecule has 1 fully saturated rings. The van der Waals surface area contributed by atoms with E-state index in [4.69, 9.17) is 18.7 Å². The third kappa shape index (κ3) is 4.17. The Morgan fingerprint density at radius 3 is 2.52 bits per heavy atom. The Morgan fingerprint density at radius 1 is 1.35 bits per heavy atom. The van der Waals surface area contributed by atoms with Crippen LogP contribution < -0.4 is 11.2 Å². The van der Waals surface area contributed by atoms with Gasteiger partial charge in [-0.25, -0.2) is 4.79 Å². The molecule has 0 aliphatic carbocycles. The van der Waals surface area contributed by atoms with Crippen molar-refractivity contribution in [2.24, 2.45) is 0 Å². The van der Waals surface area contributed by atoms with Crippen molar-refractivity contribution in [1.29, 1.82) is 0 Å². The molecule has 1 aliphatic heterocycles. The van der Waals surface area contributed by atoms with E-state index in [0.29, 0.717) is 0 Å². The quantitative estimate of drug-likeness (QED) is 0.644. The summed E-state index contributed by atoms with van der Waals surface area (Å²) in [4.78, 5) is 34.4. The Bertz CT molecular complexity index is 695. The monoisotopic (exact) mass is 350 g/mol. The summed E-state index contributed by atoms with van der Waals surface area (Å²) in [6.07, 6.45) is -1.63. The van der Waals surface area contributed by atoms with Gasteiger partial charge in [0.2, 0.25) is 0 Å². The van der Waals surface area contributed by atoms with Crippen LogP contribution in [0.2, 0.25) is 0 Å². The van der Waals surface area contributed by atoms with Crippen LogP contribution in [-0.4, -0.2) is 60.2 Å². The van der Waals surface area contributed by atoms with Crippen LogP contribution in [0.25, 0.3) is 0 Å². The van der Waals surface area contributed by atoms with Gasteiger partial charge in [-0.15, -0.1) is 0 Å². The van der Waals surface area contributed by atoms with Gasteiger partial charge >= 0.3 is 13.3 Å². The predicted molar refractivity (Wildman–Crippen MR) is 78.5 cm³/mol. The number of hydrogen-bond acceptors (Lipinski definition) is 7. The lowest BCUT2D eigenvalue weighted by Gasteiger charge is -2.22. The van der Waals surface area contributed by atoms with Gasteiger partial charge in [0.25, 0.3) is 5.56 Å². The van der Waals surface area contributed by atoms with Crippen molar-refractivity contribution in [3.8, 4) is 0 Å². The first-order valence-corrected chi connectivity index (χ1v) is 8.76. The summed E-state index contributed by atoms with van der Waals surface area (Å²) in [6.45, 7) is 0.846. The highest BCUT2D eigenvalue weighted by atomic mass is 31.2. The normalized spacial score (nSPS) is 30.3. The fraction of sp³-hybridized carbons (Fsp3) is 0.667. The zero-order chi connectivity index (χ0) is 17.2. The Kier molecular flexibility index (Phi) is 5.56. The molecule has 2 heterocycles. The summed E-state index contributed by atoms with van der Waals surface area (Å²) in [5, 5.41) is 0. The van der Waals surface area contributed by atoms with Crippen LogP contribution in [0.3, 0.4) is 0 Å². The molecule has 2 rings (SSSR count). The zero-order valence-corrected chi connectivity index (χ0v) is 13.8. The predicted octanol–water partition coefficient (Wildman–Crippen LogP) is -0.704. The standard InChI is InChI=1S/C12H19N2O8P/c1-19-9-7(6-21-23(3,17)18)22-11(10(9)20-2)14-5-4-8(15)13-12(14)16/h4-5,7,9-11H,6H2,1-3H3,(H,17,18)(H,13,15,16)/t7-,9-,10-,11-/m1/s1. The molecule has 0 bridgehead atoms. The number of methoxy groups -OCH3 is 2. The maximum absolute atomic E-state index is 11.9. The molecule has 5 atom stereocenters. The molecule has 2 N–H and O–H groups in total. The molecule has 0 aromatic carbocycles. The molecule has 1 aromatic rings. The van der Waals surface area contributed by atoms with E-state index in [0.717, 1.165) is 11.2 Å². The van der Waals surface area contributed by atoms with E-state index in [1.807, 2.05) is 0 Å². The summed E-state index contributed by atoms with van der Waals surface area (Å²) >= 11 is 0. The SMILES string of the molecule is CO[C@@H]1[C@H](OC)[C@@H](COP(C)(=O)O)O[C@H]1n1ccc(=O)[nH]c1=O. The number of nitrogens with zero attached hydrogens (tertiary/aromatic N) is 1. The van der Waals surface area contributed by atoms with E-state index in [9.17, 15) is 19.0 Å². The van der Waals surface area contributed by atoms with Crippen molar-refractivity contribution >= 4 is 7.60 Å². The maximum Gasteiger partial charge on any atom is 0.330 e. The zero-order valence-electron chi connectivity index (χ0n) is 12.9. The van der Waals surface area contributed by atoms with Gasteiger partial charge in [-0.05, 0) is 0 Å². The lowest BCUT2D eigenvalue weighted by Crippen LogP contribution is -2.39. The number of aromatic nitrogens is 2. The van der Waals surface area contributed by atoms with Crippen molar-refractivity contribution < 1.29 is 28.2 Å². The molecule has 1 unspecified atom stereocenters. The number of aromatic amines is 1. The van der Waals surface area contributed by atoms with Gasteiger partial charge in [0, 0.05) is 33.1 Å². The van der Waals surface area contributed by atoms with Crippen LogP contribution in [0.15, 0.2) is 21.9 Å². The molecule has 1 saturated heterocycles. The van der Waals surface area contributed by atoms with Crippen molar-refractivity contribution in [1.82, 2.24) is 9.55 Å². The largest absolute Gasteiger partial charge is 0.376 e. The van der Waals surface area contributed by atoms with E-state index in [1.165, 1.54) is 26.5 Å². The molecule has 0 spiro atoms. The summed E-state index contributed by atoms with van der Waals surface area (Å²) in [6, 6.07) is 1.18. The second-order valence-corrected chi connectivity index (χ2v) is 6.95. The molecule has 11 heteroatoms. The van der Waals surface area contributed by atoms with E-state index in [-0.39, 0.29) is 6.61 Å². The Labute approximate surface area is 131 Å². The van der Waals surface area contributed by atoms with Gasteiger partial charge in [0.15, 0.2) is 6.23 Å². The second-order valence-electron chi connectivity index (χ2n) is 5.08. The molecule has 1 aromatic heterocycles. The van der Waals surface area contributed by atoms with Crippen LogP contribution in [0.1, 0.15) is 6.23 Å². The first kappa shape index (κ1) is 18.1. The van der Waals surface area contributed by atoms with Gasteiger partial charge in [0.05, 0.1) is 6.61 Å². The minimum Gasteiger partial charge on any atom is -0.376 e. The summed E-state index contributed by atoms with van der Waals surface area (Å²) in [5.74, 6) is 0. The number of H-pyrrole nitrogens is 1. The first-order valence-electron chi connectivity index (χ1n) is 6.74. The fourth-order valence-corrected chi connectivity index (χ4v) is 2.87. The molecular formula is C12H19N2O8P. The highest BCUT2D eigenvalue weighted by molar-refractivity contribution is 7.51. The Balaban J connectivity index is 2.28. The summed E-state index contributed by atoms with van der Waals surface area (Å²) < 4.78 is 33.7. The van der Waals surface area contributed by atoms with Crippen molar-refractivity contribution in [2.45, 2.75) is 24.5 Å². The average molecular weight is 350 g/mol. The minimum atomic E-state index is -3.68. The molecule has 0 amide bonds. The number of rotatable bonds is 6. The maximum atomic E-state index is 11.9. The highest BCUT2D eigenvalue weighted by Crippen LogP contribution is 2.39. The number of nitrogens with one attached hydrogen (secondary N) is 1. The van der Waals surface area contributed by atoms with Crippen LogP contribution in [-0.2, 0) is 23.3 Å². The van der Waals surface area contributed by atoms with Gasteiger partial charge in [0.1, 0.15) is 18.3 Å². The molecule has 130 valence electrons. The molecule has 23 heavy (non-hydrogen) atoms. The highest BCUT2D eigenvalue weighted by Gasteiger charge is 2.47. The van der Waals surface area contributed by atoms with Crippen molar-refractivity contribution in [2.75, 3.05) is 27.5 Å². The van der Waals surface area contributed by atoms with E-state index in [1.54, 1.807) is 0 Å². The van der Waals surface area contributed by atoms with Crippen molar-refractivity contribution in [3.05, 3.63) is 33.1 Å².